The van der Waals surface area contributed by atoms with Crippen molar-refractivity contribution in [3.63, 3.8) is 0 Å². The van der Waals surface area contributed by atoms with E-state index in [0.717, 1.165) is 16.9 Å². The van der Waals surface area contributed by atoms with Crippen LogP contribution in [0.2, 0.25) is 10.0 Å². The quantitative estimate of drug-likeness (QED) is 0.564. The van der Waals surface area contributed by atoms with Crippen molar-refractivity contribution in [3.05, 3.63) is 75.2 Å². The molecular formula is C18H11Cl2N3S. The summed E-state index contributed by atoms with van der Waals surface area (Å²) in [7, 11) is 0. The van der Waals surface area contributed by atoms with E-state index in [2.05, 4.69) is 16.4 Å². The largest absolute Gasteiger partial charge is 0.360 e. The number of nitrogens with zero attached hydrogens (tertiary/aromatic N) is 2. The first-order valence-corrected chi connectivity index (χ1v) is 8.64. The fourth-order valence-corrected chi connectivity index (χ4v) is 3.11. The molecule has 1 aromatic heterocycles. The van der Waals surface area contributed by atoms with Crippen LogP contribution in [0, 0.1) is 11.3 Å². The summed E-state index contributed by atoms with van der Waals surface area (Å²) in [5.41, 5.74) is 3.00. The number of thiazole rings is 1. The van der Waals surface area contributed by atoms with Crippen LogP contribution in [0.4, 0.5) is 5.69 Å². The molecule has 0 spiro atoms. The number of halogens is 2. The second-order valence-electron chi connectivity index (χ2n) is 4.85. The highest BCUT2D eigenvalue weighted by atomic mass is 35.5. The molecule has 0 saturated heterocycles. The molecule has 6 heteroatoms. The second-order valence-corrected chi connectivity index (χ2v) is 6.52. The smallest absolute Gasteiger partial charge is 0.136 e. The van der Waals surface area contributed by atoms with Gasteiger partial charge < -0.3 is 5.32 Å². The standard InChI is InChI=1S/C18H11Cl2N3S/c19-15-7-6-12(8-16(15)20)17-11-24-18(23-17)13(9-21)10-22-14-4-2-1-3-5-14/h1-8,10-11,22H/b13-10+. The third-order valence-electron chi connectivity index (χ3n) is 3.23. The molecule has 0 aliphatic heterocycles. The maximum absolute atomic E-state index is 9.39. The zero-order chi connectivity index (χ0) is 16.9. The van der Waals surface area contributed by atoms with E-state index in [1.54, 1.807) is 18.3 Å². The number of allylic oxidation sites excluding steroid dienone is 1. The van der Waals surface area contributed by atoms with Crippen LogP contribution in [-0.4, -0.2) is 4.98 Å². The molecule has 0 aliphatic carbocycles. The first-order valence-electron chi connectivity index (χ1n) is 7.00. The summed E-state index contributed by atoms with van der Waals surface area (Å²) in [6.45, 7) is 0. The van der Waals surface area contributed by atoms with Gasteiger partial charge >= 0.3 is 0 Å². The molecule has 0 amide bonds. The first-order chi connectivity index (χ1) is 11.7. The Morgan fingerprint density at radius 2 is 1.92 bits per heavy atom. The van der Waals surface area contributed by atoms with E-state index in [4.69, 9.17) is 23.2 Å². The van der Waals surface area contributed by atoms with Gasteiger partial charge in [-0.1, -0.05) is 47.5 Å². The Bertz CT molecular complexity index is 927. The zero-order valence-corrected chi connectivity index (χ0v) is 14.7. The molecule has 1 N–H and O–H groups in total. The molecule has 3 aromatic rings. The molecule has 24 heavy (non-hydrogen) atoms. The van der Waals surface area contributed by atoms with Gasteiger partial charge in [0.2, 0.25) is 0 Å². The number of hydrogen-bond acceptors (Lipinski definition) is 4. The maximum atomic E-state index is 9.39. The predicted octanol–water partition coefficient (Wildman–Crippen LogP) is 6.09. The second kappa shape index (κ2) is 7.50. The van der Waals surface area contributed by atoms with Crippen molar-refractivity contribution in [3.8, 4) is 17.3 Å². The Kier molecular flexibility index (Phi) is 5.17. The van der Waals surface area contributed by atoms with Gasteiger partial charge in [-0.05, 0) is 24.3 Å². The summed E-state index contributed by atoms with van der Waals surface area (Å²) in [6.07, 6.45) is 1.66. The van der Waals surface area contributed by atoms with Crippen LogP contribution in [0.15, 0.2) is 60.1 Å². The molecule has 0 aliphatic rings. The Morgan fingerprint density at radius 3 is 2.62 bits per heavy atom. The number of nitrogens with one attached hydrogen (secondary N) is 1. The number of para-hydroxylation sites is 1. The van der Waals surface area contributed by atoms with Gasteiger partial charge in [0, 0.05) is 22.8 Å². The third-order valence-corrected chi connectivity index (χ3v) is 4.84. The van der Waals surface area contributed by atoms with Gasteiger partial charge in [0.15, 0.2) is 0 Å². The normalized spacial score (nSPS) is 11.1. The van der Waals surface area contributed by atoms with E-state index >= 15 is 0 Å². The van der Waals surface area contributed by atoms with Crippen molar-refractivity contribution < 1.29 is 0 Å². The lowest BCUT2D eigenvalue weighted by atomic mass is 10.2. The summed E-state index contributed by atoms with van der Waals surface area (Å²) in [6, 6.07) is 17.2. The first kappa shape index (κ1) is 16.5. The fourth-order valence-electron chi connectivity index (χ4n) is 2.02. The van der Waals surface area contributed by atoms with E-state index in [1.807, 2.05) is 41.8 Å². The molecule has 2 aromatic carbocycles. The van der Waals surface area contributed by atoms with Crippen molar-refractivity contribution in [1.82, 2.24) is 4.98 Å². The van der Waals surface area contributed by atoms with Crippen molar-refractivity contribution in [2.75, 3.05) is 5.32 Å². The summed E-state index contributed by atoms with van der Waals surface area (Å²) in [4.78, 5) is 4.52. The highest BCUT2D eigenvalue weighted by Gasteiger charge is 2.10. The minimum absolute atomic E-state index is 0.468. The Hall–Kier alpha value is -2.32. The fraction of sp³-hybridized carbons (Fsp3) is 0. The summed E-state index contributed by atoms with van der Waals surface area (Å²) in [5, 5.41) is 16.0. The molecule has 3 rings (SSSR count). The van der Waals surface area contributed by atoms with Crippen LogP contribution < -0.4 is 5.32 Å². The number of rotatable bonds is 4. The van der Waals surface area contributed by atoms with Gasteiger partial charge in [-0.2, -0.15) is 5.26 Å². The van der Waals surface area contributed by atoms with Crippen LogP contribution in [0.1, 0.15) is 5.01 Å². The summed E-state index contributed by atoms with van der Waals surface area (Å²) in [5.74, 6) is 0. The number of hydrogen-bond donors (Lipinski definition) is 1. The van der Waals surface area contributed by atoms with Crippen molar-refractivity contribution in [2.24, 2.45) is 0 Å². The number of anilines is 1. The van der Waals surface area contributed by atoms with E-state index < -0.39 is 0 Å². The van der Waals surface area contributed by atoms with E-state index in [-0.39, 0.29) is 0 Å². The van der Waals surface area contributed by atoms with E-state index in [9.17, 15) is 5.26 Å². The lowest BCUT2D eigenvalue weighted by Gasteiger charge is -2.01. The molecular weight excluding hydrogens is 361 g/mol. The lowest BCUT2D eigenvalue weighted by molar-refractivity contribution is 1.36. The van der Waals surface area contributed by atoms with Crippen LogP contribution in [0.5, 0.6) is 0 Å². The topological polar surface area (TPSA) is 48.7 Å². The SMILES string of the molecule is N#C/C(=C\Nc1ccccc1)c1nc(-c2ccc(Cl)c(Cl)c2)cs1. The van der Waals surface area contributed by atoms with Gasteiger partial charge in [0.25, 0.3) is 0 Å². The molecule has 0 bridgehead atoms. The molecule has 0 saturated carbocycles. The highest BCUT2D eigenvalue weighted by Crippen LogP contribution is 2.30. The summed E-state index contributed by atoms with van der Waals surface area (Å²) >= 11 is 13.4. The van der Waals surface area contributed by atoms with Crippen molar-refractivity contribution in [2.45, 2.75) is 0 Å². The third kappa shape index (κ3) is 3.77. The average molecular weight is 372 g/mol. The van der Waals surface area contributed by atoms with Gasteiger partial charge in [-0.15, -0.1) is 11.3 Å². The summed E-state index contributed by atoms with van der Waals surface area (Å²) < 4.78 is 0. The molecule has 0 unspecified atom stereocenters. The molecule has 118 valence electrons. The molecule has 1 heterocycles. The lowest BCUT2D eigenvalue weighted by Crippen LogP contribution is -1.90. The molecule has 0 radical (unpaired) electrons. The van der Waals surface area contributed by atoms with Crippen LogP contribution in [0.25, 0.3) is 16.8 Å². The van der Waals surface area contributed by atoms with Gasteiger partial charge in [0.1, 0.15) is 16.6 Å². The monoisotopic (exact) mass is 371 g/mol. The van der Waals surface area contributed by atoms with Gasteiger partial charge in [-0.3, -0.25) is 0 Å². The van der Waals surface area contributed by atoms with Crippen LogP contribution >= 0.6 is 34.5 Å². The van der Waals surface area contributed by atoms with E-state index in [1.165, 1.54) is 11.3 Å². The highest BCUT2D eigenvalue weighted by molar-refractivity contribution is 7.11. The molecule has 0 atom stereocenters. The van der Waals surface area contributed by atoms with Crippen LogP contribution in [0.3, 0.4) is 0 Å². The maximum Gasteiger partial charge on any atom is 0.136 e. The Labute approximate surface area is 153 Å². The minimum atomic E-state index is 0.468. The number of aromatic nitrogens is 1. The van der Waals surface area contributed by atoms with Gasteiger partial charge in [-0.25, -0.2) is 4.98 Å². The van der Waals surface area contributed by atoms with Crippen LogP contribution in [-0.2, 0) is 0 Å². The molecule has 3 nitrogen and oxygen atoms in total. The van der Waals surface area contributed by atoms with Crippen molar-refractivity contribution in [1.29, 1.82) is 5.26 Å². The number of benzene rings is 2. The zero-order valence-electron chi connectivity index (χ0n) is 12.3. The van der Waals surface area contributed by atoms with Crippen molar-refractivity contribution >= 4 is 45.8 Å². The molecule has 0 fully saturated rings. The van der Waals surface area contributed by atoms with Gasteiger partial charge in [0.05, 0.1) is 15.7 Å². The Balaban J connectivity index is 1.85. The predicted molar refractivity (Wildman–Crippen MR) is 101 cm³/mol. The number of nitriles is 1. The Morgan fingerprint density at radius 1 is 1.12 bits per heavy atom. The average Bonchev–Trinajstić information content (AvgIpc) is 3.09. The van der Waals surface area contributed by atoms with E-state index in [0.29, 0.717) is 20.6 Å². The minimum Gasteiger partial charge on any atom is -0.360 e.